The zero-order valence-corrected chi connectivity index (χ0v) is 13.1. The molecule has 1 atom stereocenters. The molecule has 122 valence electrons. The summed E-state index contributed by atoms with van der Waals surface area (Å²) in [4.78, 5) is 16.5. The van der Waals surface area contributed by atoms with E-state index in [1.165, 1.54) is 0 Å². The summed E-state index contributed by atoms with van der Waals surface area (Å²) in [5.41, 5.74) is 0.286. The van der Waals surface area contributed by atoms with Gasteiger partial charge < -0.3 is 10.4 Å². The second kappa shape index (κ2) is 6.37. The van der Waals surface area contributed by atoms with Crippen molar-refractivity contribution in [3.05, 3.63) is 42.4 Å². The smallest absolute Gasteiger partial charge is 0.320 e. The van der Waals surface area contributed by atoms with Crippen LogP contribution in [0.4, 0.5) is 10.6 Å². The lowest BCUT2D eigenvalue weighted by atomic mass is 9.97. The van der Waals surface area contributed by atoms with Gasteiger partial charge in [-0.05, 0) is 37.8 Å². The highest BCUT2D eigenvalue weighted by Crippen LogP contribution is 2.39. The van der Waals surface area contributed by atoms with Gasteiger partial charge in [-0.3, -0.25) is 10.3 Å². The maximum atomic E-state index is 12.2. The summed E-state index contributed by atoms with van der Waals surface area (Å²) < 4.78 is 1.68. The fourth-order valence-corrected chi connectivity index (χ4v) is 2.61. The minimum Gasteiger partial charge on any atom is -0.394 e. The second-order valence-electron chi connectivity index (χ2n) is 6.12. The Labute approximate surface area is 134 Å². The molecule has 1 fully saturated rings. The highest BCUT2D eigenvalue weighted by Gasteiger charge is 2.42. The predicted molar refractivity (Wildman–Crippen MR) is 85.9 cm³/mol. The number of aromatic nitrogens is 3. The van der Waals surface area contributed by atoms with Crippen molar-refractivity contribution >= 4 is 11.8 Å². The molecule has 2 heterocycles. The molecule has 7 nitrogen and oxygen atoms in total. The van der Waals surface area contributed by atoms with Crippen molar-refractivity contribution in [3.63, 3.8) is 0 Å². The Hall–Kier alpha value is -2.41. The number of aliphatic hydroxyl groups excluding tert-OH is 1. The van der Waals surface area contributed by atoms with Crippen molar-refractivity contribution in [1.29, 1.82) is 0 Å². The topological polar surface area (TPSA) is 92.1 Å². The van der Waals surface area contributed by atoms with Gasteiger partial charge in [-0.1, -0.05) is 6.07 Å². The van der Waals surface area contributed by atoms with Crippen molar-refractivity contribution in [2.75, 3.05) is 11.9 Å². The van der Waals surface area contributed by atoms with Crippen LogP contribution in [-0.4, -0.2) is 38.0 Å². The normalized spacial score (nSPS) is 16.6. The predicted octanol–water partition coefficient (Wildman–Crippen LogP) is 1.61. The molecule has 0 aromatic carbocycles. The third-order valence-electron chi connectivity index (χ3n) is 4.20. The van der Waals surface area contributed by atoms with E-state index < -0.39 is 5.54 Å². The van der Waals surface area contributed by atoms with Gasteiger partial charge in [0.15, 0.2) is 0 Å². The van der Waals surface area contributed by atoms with Gasteiger partial charge in [0.2, 0.25) is 0 Å². The van der Waals surface area contributed by atoms with Crippen molar-refractivity contribution in [2.24, 2.45) is 5.92 Å². The molecule has 7 heteroatoms. The molecule has 3 rings (SSSR count). The van der Waals surface area contributed by atoms with E-state index in [-0.39, 0.29) is 12.6 Å². The average molecular weight is 315 g/mol. The Bertz CT molecular complexity index is 668. The Kier molecular flexibility index (Phi) is 4.29. The zero-order chi connectivity index (χ0) is 16.3. The molecule has 1 aliphatic rings. The molecule has 2 amide bonds. The first kappa shape index (κ1) is 15.5. The van der Waals surface area contributed by atoms with Gasteiger partial charge in [-0.2, -0.15) is 5.10 Å². The van der Waals surface area contributed by atoms with Crippen LogP contribution in [0.15, 0.2) is 36.7 Å². The van der Waals surface area contributed by atoms with Crippen LogP contribution >= 0.6 is 0 Å². The number of hydrogen-bond acceptors (Lipinski definition) is 4. The number of nitrogens with zero attached hydrogens (tertiary/aromatic N) is 3. The van der Waals surface area contributed by atoms with E-state index in [4.69, 9.17) is 0 Å². The minimum absolute atomic E-state index is 0.0711. The number of amides is 2. The third-order valence-corrected chi connectivity index (χ3v) is 4.20. The van der Waals surface area contributed by atoms with E-state index in [0.29, 0.717) is 18.3 Å². The maximum Gasteiger partial charge on any atom is 0.320 e. The van der Waals surface area contributed by atoms with Crippen LogP contribution in [0.25, 0.3) is 0 Å². The largest absolute Gasteiger partial charge is 0.394 e. The first-order valence-corrected chi connectivity index (χ1v) is 7.72. The monoisotopic (exact) mass is 315 g/mol. The quantitative estimate of drug-likeness (QED) is 0.755. The molecule has 0 spiro atoms. The molecule has 1 saturated carbocycles. The first-order chi connectivity index (χ1) is 11.1. The number of urea groups is 1. The average Bonchev–Trinajstić information content (AvgIpc) is 3.33. The molecular formula is C16H21N5O2. The van der Waals surface area contributed by atoms with Crippen molar-refractivity contribution in [2.45, 2.75) is 31.8 Å². The highest BCUT2D eigenvalue weighted by atomic mass is 16.3. The number of carbonyl (C=O) groups is 1. The van der Waals surface area contributed by atoms with Crippen molar-refractivity contribution < 1.29 is 9.90 Å². The van der Waals surface area contributed by atoms with E-state index in [1.807, 2.05) is 25.1 Å². The molecule has 0 aliphatic heterocycles. The molecule has 0 bridgehead atoms. The molecule has 0 saturated heterocycles. The van der Waals surface area contributed by atoms with Crippen molar-refractivity contribution in [1.82, 2.24) is 20.1 Å². The standard InChI is InChI=1S/C16H21N5O2/c1-16(11-22,12-5-6-12)20-15(23)19-14-7-9-18-21(14)10-13-4-2-3-8-17-13/h2-4,7-9,12,22H,5-6,10-11H2,1H3,(H2,19,20,23). The minimum atomic E-state index is -0.573. The lowest BCUT2D eigenvalue weighted by molar-refractivity contribution is 0.159. The summed E-state index contributed by atoms with van der Waals surface area (Å²) in [6, 6.07) is 7.06. The number of pyridine rings is 1. The summed E-state index contributed by atoms with van der Waals surface area (Å²) in [5, 5.41) is 19.4. The van der Waals surface area contributed by atoms with Gasteiger partial charge in [0.05, 0.1) is 30.6 Å². The summed E-state index contributed by atoms with van der Waals surface area (Å²) in [5.74, 6) is 0.931. The van der Waals surface area contributed by atoms with Gasteiger partial charge in [-0.15, -0.1) is 0 Å². The third kappa shape index (κ3) is 3.68. The van der Waals surface area contributed by atoms with Crippen LogP contribution in [0.3, 0.4) is 0 Å². The number of nitrogens with one attached hydrogen (secondary N) is 2. The summed E-state index contributed by atoms with van der Waals surface area (Å²) in [6.07, 6.45) is 5.43. The fraction of sp³-hybridized carbons (Fsp3) is 0.438. The van der Waals surface area contributed by atoms with E-state index >= 15 is 0 Å². The van der Waals surface area contributed by atoms with Crippen LogP contribution in [0, 0.1) is 5.92 Å². The van der Waals surface area contributed by atoms with E-state index in [2.05, 4.69) is 20.7 Å². The number of aliphatic hydroxyl groups is 1. The van der Waals surface area contributed by atoms with Gasteiger partial charge in [0, 0.05) is 12.3 Å². The van der Waals surface area contributed by atoms with Gasteiger partial charge in [0.1, 0.15) is 5.82 Å². The summed E-state index contributed by atoms with van der Waals surface area (Å²) in [6.45, 7) is 2.27. The zero-order valence-electron chi connectivity index (χ0n) is 13.1. The van der Waals surface area contributed by atoms with Crippen molar-refractivity contribution in [3.8, 4) is 0 Å². The van der Waals surface area contributed by atoms with Crippen LogP contribution in [0.2, 0.25) is 0 Å². The van der Waals surface area contributed by atoms with Crippen LogP contribution in [-0.2, 0) is 6.54 Å². The molecule has 1 unspecified atom stereocenters. The Morgan fingerprint density at radius 2 is 2.22 bits per heavy atom. The number of anilines is 1. The number of rotatable bonds is 6. The lowest BCUT2D eigenvalue weighted by Crippen LogP contribution is -2.52. The summed E-state index contributed by atoms with van der Waals surface area (Å²) in [7, 11) is 0. The van der Waals surface area contributed by atoms with E-state index in [0.717, 1.165) is 18.5 Å². The SMILES string of the molecule is CC(CO)(NC(=O)Nc1ccnn1Cc1ccccn1)C1CC1. The lowest BCUT2D eigenvalue weighted by Gasteiger charge is -2.28. The Morgan fingerprint density at radius 1 is 1.39 bits per heavy atom. The number of hydrogen-bond donors (Lipinski definition) is 3. The first-order valence-electron chi connectivity index (χ1n) is 7.72. The Morgan fingerprint density at radius 3 is 2.87 bits per heavy atom. The molecular weight excluding hydrogens is 294 g/mol. The molecule has 2 aromatic rings. The van der Waals surface area contributed by atoms with E-state index in [9.17, 15) is 9.90 Å². The summed E-state index contributed by atoms with van der Waals surface area (Å²) >= 11 is 0. The molecule has 23 heavy (non-hydrogen) atoms. The molecule has 0 radical (unpaired) electrons. The van der Waals surface area contributed by atoms with Gasteiger partial charge in [0.25, 0.3) is 0 Å². The van der Waals surface area contributed by atoms with Crippen LogP contribution < -0.4 is 10.6 Å². The molecule has 3 N–H and O–H groups in total. The van der Waals surface area contributed by atoms with Gasteiger partial charge in [-0.25, -0.2) is 9.48 Å². The molecule has 2 aromatic heterocycles. The van der Waals surface area contributed by atoms with Gasteiger partial charge >= 0.3 is 6.03 Å². The Balaban J connectivity index is 1.64. The highest BCUT2D eigenvalue weighted by molar-refractivity contribution is 5.88. The fourth-order valence-electron chi connectivity index (χ4n) is 2.61. The van der Waals surface area contributed by atoms with Crippen LogP contribution in [0.5, 0.6) is 0 Å². The maximum absolute atomic E-state index is 12.2. The second-order valence-corrected chi connectivity index (χ2v) is 6.12. The molecule has 1 aliphatic carbocycles. The van der Waals surface area contributed by atoms with Crippen LogP contribution in [0.1, 0.15) is 25.5 Å². The number of carbonyl (C=O) groups excluding carboxylic acids is 1. The van der Waals surface area contributed by atoms with E-state index in [1.54, 1.807) is 23.1 Å².